The summed E-state index contributed by atoms with van der Waals surface area (Å²) in [6, 6.07) is 19.6. The maximum Gasteiger partial charge on any atom is 0.305 e. The number of amidine groups is 1. The van der Waals surface area contributed by atoms with Crippen LogP contribution >= 0.6 is 11.8 Å². The molecule has 0 saturated carbocycles. The van der Waals surface area contributed by atoms with E-state index in [-0.39, 0.29) is 17.5 Å². The first-order valence-corrected chi connectivity index (χ1v) is 11.0. The van der Waals surface area contributed by atoms with Crippen LogP contribution in [0.2, 0.25) is 0 Å². The SMILES string of the molecule is COc1ccc(C=NN=C2NC(=O)C(CC(=O)O)S2)cc1COc1ccc2ccccc2c1. The van der Waals surface area contributed by atoms with E-state index in [2.05, 4.69) is 21.6 Å². The summed E-state index contributed by atoms with van der Waals surface area (Å²) < 4.78 is 11.4. The van der Waals surface area contributed by atoms with Crippen LogP contribution < -0.4 is 14.8 Å². The van der Waals surface area contributed by atoms with E-state index in [0.717, 1.165) is 39.4 Å². The van der Waals surface area contributed by atoms with E-state index in [9.17, 15) is 9.59 Å². The van der Waals surface area contributed by atoms with Gasteiger partial charge in [0.25, 0.3) is 0 Å². The second kappa shape index (κ2) is 10.2. The number of carboxylic acid groups (broad SMARTS) is 1. The lowest BCUT2D eigenvalue weighted by molar-refractivity contribution is -0.138. The van der Waals surface area contributed by atoms with Gasteiger partial charge in [0.1, 0.15) is 23.4 Å². The molecule has 1 amide bonds. The van der Waals surface area contributed by atoms with Crippen molar-refractivity contribution in [1.82, 2.24) is 5.32 Å². The average Bonchev–Trinajstić information content (AvgIpc) is 3.15. The van der Waals surface area contributed by atoms with E-state index in [0.29, 0.717) is 12.4 Å². The molecule has 3 aromatic carbocycles. The molecule has 3 aromatic rings. The highest BCUT2D eigenvalue weighted by Gasteiger charge is 2.32. The van der Waals surface area contributed by atoms with Crippen molar-refractivity contribution in [3.05, 3.63) is 71.8 Å². The van der Waals surface area contributed by atoms with E-state index < -0.39 is 11.2 Å². The Kier molecular flexibility index (Phi) is 6.89. The van der Waals surface area contributed by atoms with E-state index >= 15 is 0 Å². The molecule has 1 heterocycles. The molecule has 0 radical (unpaired) electrons. The number of carboxylic acids is 1. The Morgan fingerprint density at radius 3 is 2.76 bits per heavy atom. The lowest BCUT2D eigenvalue weighted by Gasteiger charge is -2.11. The van der Waals surface area contributed by atoms with Gasteiger partial charge in [-0.1, -0.05) is 42.1 Å². The first-order valence-electron chi connectivity index (χ1n) is 10.1. The summed E-state index contributed by atoms with van der Waals surface area (Å²) in [5, 5.41) is 21.2. The summed E-state index contributed by atoms with van der Waals surface area (Å²) in [6.45, 7) is 0.306. The fourth-order valence-electron chi connectivity index (χ4n) is 3.30. The van der Waals surface area contributed by atoms with Crippen LogP contribution in [0.4, 0.5) is 0 Å². The number of aliphatic carboxylic acids is 1. The number of carbonyl (C=O) groups is 2. The number of ether oxygens (including phenoxy) is 2. The first kappa shape index (κ1) is 22.3. The van der Waals surface area contributed by atoms with Crippen molar-refractivity contribution in [2.24, 2.45) is 10.2 Å². The molecule has 0 aliphatic carbocycles. The van der Waals surface area contributed by atoms with Crippen molar-refractivity contribution < 1.29 is 24.2 Å². The Hall–Kier alpha value is -3.85. The number of hydrogen-bond acceptors (Lipinski definition) is 7. The van der Waals surface area contributed by atoms with E-state index in [1.165, 1.54) is 0 Å². The number of benzene rings is 3. The minimum absolute atomic E-state index is 0.266. The number of rotatable bonds is 8. The van der Waals surface area contributed by atoms with Gasteiger partial charge in [-0.05, 0) is 46.7 Å². The largest absolute Gasteiger partial charge is 0.496 e. The highest BCUT2D eigenvalue weighted by atomic mass is 32.2. The average molecular weight is 464 g/mol. The van der Waals surface area contributed by atoms with E-state index in [4.69, 9.17) is 14.6 Å². The fourth-order valence-corrected chi connectivity index (χ4v) is 4.22. The van der Waals surface area contributed by atoms with Crippen LogP contribution in [-0.2, 0) is 16.2 Å². The fraction of sp³-hybridized carbons (Fsp3) is 0.167. The molecule has 8 nitrogen and oxygen atoms in total. The molecule has 4 rings (SSSR count). The van der Waals surface area contributed by atoms with Crippen LogP contribution in [0.15, 0.2) is 70.9 Å². The van der Waals surface area contributed by atoms with Crippen LogP contribution in [0.25, 0.3) is 10.8 Å². The van der Waals surface area contributed by atoms with Gasteiger partial charge < -0.3 is 19.9 Å². The number of nitrogens with zero attached hydrogens (tertiary/aromatic N) is 2. The molecular weight excluding hydrogens is 442 g/mol. The number of hydrogen-bond donors (Lipinski definition) is 2. The lowest BCUT2D eigenvalue weighted by atomic mass is 10.1. The normalized spacial score (nSPS) is 16.9. The molecule has 1 atom stereocenters. The molecule has 1 unspecified atom stereocenters. The van der Waals surface area contributed by atoms with Crippen molar-refractivity contribution in [2.45, 2.75) is 18.3 Å². The Balaban J connectivity index is 1.44. The maximum atomic E-state index is 11.8. The van der Waals surface area contributed by atoms with Gasteiger partial charge in [0.15, 0.2) is 5.17 Å². The summed E-state index contributed by atoms with van der Waals surface area (Å²) >= 11 is 1.05. The predicted octanol–water partition coefficient (Wildman–Crippen LogP) is 3.82. The molecule has 2 N–H and O–H groups in total. The zero-order valence-electron chi connectivity index (χ0n) is 17.7. The van der Waals surface area contributed by atoms with E-state index in [1.807, 2.05) is 54.6 Å². The molecule has 0 bridgehead atoms. The Morgan fingerprint density at radius 2 is 1.97 bits per heavy atom. The number of amides is 1. The highest BCUT2D eigenvalue weighted by Crippen LogP contribution is 2.25. The maximum absolute atomic E-state index is 11.8. The predicted molar refractivity (Wildman–Crippen MR) is 128 cm³/mol. The molecule has 1 saturated heterocycles. The van der Waals surface area contributed by atoms with Crippen LogP contribution in [0.1, 0.15) is 17.5 Å². The monoisotopic (exact) mass is 463 g/mol. The van der Waals surface area contributed by atoms with Gasteiger partial charge in [0.2, 0.25) is 5.91 Å². The molecule has 0 spiro atoms. The highest BCUT2D eigenvalue weighted by molar-refractivity contribution is 8.15. The quantitative estimate of drug-likeness (QED) is 0.388. The molecule has 1 aliphatic heterocycles. The van der Waals surface area contributed by atoms with Crippen LogP contribution in [0.3, 0.4) is 0 Å². The Labute approximate surface area is 194 Å². The second-order valence-electron chi connectivity index (χ2n) is 7.21. The molecule has 9 heteroatoms. The number of methoxy groups -OCH3 is 1. The summed E-state index contributed by atoms with van der Waals surface area (Å²) in [4.78, 5) is 22.6. The topological polar surface area (TPSA) is 110 Å². The van der Waals surface area contributed by atoms with Gasteiger partial charge >= 0.3 is 5.97 Å². The summed E-state index contributed by atoms with van der Waals surface area (Å²) in [5.74, 6) is 0.0264. The van der Waals surface area contributed by atoms with Gasteiger partial charge in [0.05, 0.1) is 19.7 Å². The number of fused-ring (bicyclic) bond motifs is 1. The minimum Gasteiger partial charge on any atom is -0.496 e. The first-order chi connectivity index (χ1) is 16.0. The summed E-state index contributed by atoms with van der Waals surface area (Å²) in [5.41, 5.74) is 1.61. The third kappa shape index (κ3) is 5.69. The zero-order chi connectivity index (χ0) is 23.2. The third-order valence-corrected chi connectivity index (χ3v) is 5.98. The Bertz CT molecular complexity index is 1260. The van der Waals surface area contributed by atoms with Gasteiger partial charge in [-0.3, -0.25) is 9.59 Å². The van der Waals surface area contributed by atoms with Gasteiger partial charge in [-0.25, -0.2) is 0 Å². The standard InChI is InChI=1S/C24H21N3O5S/c1-31-20-9-6-15(13-25-27-24-26-23(30)21(33-24)12-22(28)29)10-18(20)14-32-19-8-7-16-4-2-3-5-17(16)11-19/h2-11,13,21H,12,14H2,1H3,(H,28,29)(H,26,27,30). The zero-order valence-corrected chi connectivity index (χ0v) is 18.5. The summed E-state index contributed by atoms with van der Waals surface area (Å²) in [7, 11) is 1.60. The molecule has 1 aliphatic rings. The van der Waals surface area contributed by atoms with Crippen molar-refractivity contribution in [1.29, 1.82) is 0 Å². The molecule has 1 fully saturated rings. The Morgan fingerprint density at radius 1 is 1.15 bits per heavy atom. The number of nitrogens with one attached hydrogen (secondary N) is 1. The van der Waals surface area contributed by atoms with Gasteiger partial charge in [-0.15, -0.1) is 5.10 Å². The molecule has 33 heavy (non-hydrogen) atoms. The molecule has 168 valence electrons. The number of thioether (sulfide) groups is 1. The minimum atomic E-state index is -1.04. The van der Waals surface area contributed by atoms with E-state index in [1.54, 1.807) is 13.3 Å². The molecular formula is C24H21N3O5S. The van der Waals surface area contributed by atoms with Crippen molar-refractivity contribution in [2.75, 3.05) is 7.11 Å². The third-order valence-electron chi connectivity index (χ3n) is 4.91. The molecule has 0 aromatic heterocycles. The summed E-state index contributed by atoms with van der Waals surface area (Å²) in [6.07, 6.45) is 1.28. The van der Waals surface area contributed by atoms with Crippen molar-refractivity contribution in [3.63, 3.8) is 0 Å². The van der Waals surface area contributed by atoms with Gasteiger partial charge in [0, 0.05) is 5.56 Å². The van der Waals surface area contributed by atoms with Crippen molar-refractivity contribution in [3.8, 4) is 11.5 Å². The van der Waals surface area contributed by atoms with Gasteiger partial charge in [-0.2, -0.15) is 5.10 Å². The number of carbonyl (C=O) groups excluding carboxylic acids is 1. The lowest BCUT2D eigenvalue weighted by Crippen LogP contribution is -2.26. The van der Waals surface area contributed by atoms with Crippen LogP contribution in [0.5, 0.6) is 11.5 Å². The van der Waals surface area contributed by atoms with Crippen LogP contribution in [0, 0.1) is 0 Å². The van der Waals surface area contributed by atoms with Crippen molar-refractivity contribution >= 4 is 45.8 Å². The smallest absolute Gasteiger partial charge is 0.305 e. The second-order valence-corrected chi connectivity index (χ2v) is 8.40. The van der Waals surface area contributed by atoms with Crippen LogP contribution in [-0.4, -0.2) is 40.7 Å².